The van der Waals surface area contributed by atoms with Gasteiger partial charge in [-0.2, -0.15) is 18.3 Å². The van der Waals surface area contributed by atoms with E-state index in [1.165, 1.54) is 30.3 Å². The van der Waals surface area contributed by atoms with Gasteiger partial charge in [-0.15, -0.1) is 0 Å². The maximum absolute atomic E-state index is 15.0. The van der Waals surface area contributed by atoms with Crippen molar-refractivity contribution >= 4 is 33.5 Å². The number of pyridine rings is 2. The highest BCUT2D eigenvalue weighted by Gasteiger charge is 2.36. The second-order valence-electron chi connectivity index (χ2n) is 8.03. The highest BCUT2D eigenvalue weighted by atomic mass is 19.4. The average molecular weight is 474 g/mol. The van der Waals surface area contributed by atoms with Gasteiger partial charge in [-0.25, -0.2) is 14.4 Å². The number of nitrogen functional groups attached to an aromatic ring is 1. The Balaban J connectivity index is 1.56. The van der Waals surface area contributed by atoms with Crippen LogP contribution in [-0.2, 0) is 13.2 Å². The van der Waals surface area contributed by atoms with Crippen molar-refractivity contribution in [3.05, 3.63) is 53.1 Å². The molecule has 1 aliphatic heterocycles. The topological polar surface area (TPSA) is 99.2 Å². The third-order valence-electron chi connectivity index (χ3n) is 5.98. The number of halogens is 4. The third kappa shape index (κ3) is 3.37. The molecule has 0 radical (unpaired) electrons. The fourth-order valence-electron chi connectivity index (χ4n) is 4.28. The number of ether oxygens (including phenoxy) is 1. The Morgan fingerprint density at radius 2 is 2.00 bits per heavy atom. The van der Waals surface area contributed by atoms with Crippen LogP contribution in [0.15, 0.2) is 30.5 Å². The van der Waals surface area contributed by atoms with Gasteiger partial charge in [0.25, 0.3) is 5.91 Å². The lowest BCUT2D eigenvalue weighted by atomic mass is 9.99. The van der Waals surface area contributed by atoms with Crippen molar-refractivity contribution in [2.45, 2.75) is 18.6 Å². The lowest BCUT2D eigenvalue weighted by Crippen LogP contribution is -2.35. The first-order valence-corrected chi connectivity index (χ1v) is 10.2. The molecule has 0 saturated carbocycles. The molecule has 0 unspecified atom stereocenters. The lowest BCUT2D eigenvalue weighted by molar-refractivity contribution is -0.141. The Morgan fingerprint density at radius 3 is 2.74 bits per heavy atom. The van der Waals surface area contributed by atoms with E-state index < -0.39 is 29.6 Å². The van der Waals surface area contributed by atoms with Crippen LogP contribution in [-0.4, -0.2) is 44.2 Å². The van der Waals surface area contributed by atoms with E-state index in [2.05, 4.69) is 15.1 Å². The molecule has 0 saturated heterocycles. The number of hydrogen-bond donors (Lipinski definition) is 1. The fourth-order valence-corrected chi connectivity index (χ4v) is 4.28. The van der Waals surface area contributed by atoms with Crippen LogP contribution >= 0.6 is 0 Å². The molecule has 1 atom stereocenters. The minimum Gasteiger partial charge on any atom is -0.477 e. The molecular weight excluding hydrogens is 456 g/mol. The number of benzene rings is 1. The average Bonchev–Trinajstić information content (AvgIpc) is 3.19. The van der Waals surface area contributed by atoms with Gasteiger partial charge >= 0.3 is 6.18 Å². The Labute approximate surface area is 189 Å². The molecule has 0 spiro atoms. The van der Waals surface area contributed by atoms with Gasteiger partial charge in [0.05, 0.1) is 40.8 Å². The quantitative estimate of drug-likeness (QED) is 0.443. The van der Waals surface area contributed by atoms with Gasteiger partial charge < -0.3 is 15.4 Å². The van der Waals surface area contributed by atoms with E-state index in [1.54, 1.807) is 11.7 Å². The molecular formula is C22H18F4N6O2. The van der Waals surface area contributed by atoms with Gasteiger partial charge in [0.1, 0.15) is 17.3 Å². The van der Waals surface area contributed by atoms with E-state index in [0.717, 1.165) is 12.1 Å². The van der Waals surface area contributed by atoms with Crippen LogP contribution in [0.4, 0.5) is 23.4 Å². The van der Waals surface area contributed by atoms with E-state index >= 15 is 4.39 Å². The van der Waals surface area contributed by atoms with Crippen LogP contribution in [0.2, 0.25) is 0 Å². The van der Waals surface area contributed by atoms with E-state index in [-0.39, 0.29) is 29.4 Å². The molecule has 4 heterocycles. The molecule has 176 valence electrons. The maximum Gasteiger partial charge on any atom is 0.433 e. The van der Waals surface area contributed by atoms with Crippen molar-refractivity contribution in [2.24, 2.45) is 7.05 Å². The van der Waals surface area contributed by atoms with Crippen molar-refractivity contribution < 1.29 is 27.1 Å². The summed E-state index contributed by atoms with van der Waals surface area (Å²) >= 11 is 0. The number of aromatic nitrogens is 4. The number of alkyl halides is 3. The third-order valence-corrected chi connectivity index (χ3v) is 5.98. The highest BCUT2D eigenvalue weighted by molar-refractivity contribution is 6.10. The van der Waals surface area contributed by atoms with E-state index in [1.807, 2.05) is 0 Å². The van der Waals surface area contributed by atoms with Gasteiger partial charge in [-0.3, -0.25) is 9.48 Å². The molecule has 2 N–H and O–H groups in total. The molecule has 1 aliphatic rings. The molecule has 1 aromatic carbocycles. The number of fused-ring (bicyclic) bond motifs is 4. The molecule has 3 aromatic heterocycles. The fraction of sp³-hybridized carbons (Fsp3) is 0.273. The van der Waals surface area contributed by atoms with Gasteiger partial charge in [0.2, 0.25) is 5.88 Å². The standard InChI is InChI=1S/C22H18F4N6O2/c1-31(16-5-6-34-20-10(16)3-4-17(30-20)22(24,25)26)21(33)11-7-12-15(8-14(11)23)29-19(27)13-9-28-32(2)18(12)13/h3-4,7-9,16H,5-6H2,1-2H3,(H2,27,29)/t16-/m0/s1. The summed E-state index contributed by atoms with van der Waals surface area (Å²) in [6.07, 6.45) is -2.79. The first-order chi connectivity index (χ1) is 16.1. The zero-order valence-corrected chi connectivity index (χ0v) is 18.0. The zero-order valence-electron chi connectivity index (χ0n) is 18.0. The minimum absolute atomic E-state index is 0.0582. The van der Waals surface area contributed by atoms with Crippen LogP contribution < -0.4 is 10.5 Å². The second kappa shape index (κ2) is 7.54. The van der Waals surface area contributed by atoms with E-state index in [9.17, 15) is 18.0 Å². The Morgan fingerprint density at radius 1 is 1.24 bits per heavy atom. The molecule has 8 nitrogen and oxygen atoms in total. The minimum atomic E-state index is -4.63. The number of nitrogens with two attached hydrogens (primary N) is 1. The number of nitrogens with zero attached hydrogens (tertiary/aromatic N) is 5. The van der Waals surface area contributed by atoms with Gasteiger partial charge in [-0.1, -0.05) is 0 Å². The van der Waals surface area contributed by atoms with Gasteiger partial charge in [0.15, 0.2) is 0 Å². The predicted molar refractivity (Wildman–Crippen MR) is 115 cm³/mol. The van der Waals surface area contributed by atoms with Crippen LogP contribution in [0.1, 0.15) is 34.1 Å². The normalized spacial score (nSPS) is 15.9. The monoisotopic (exact) mass is 474 g/mol. The Hall–Kier alpha value is -3.96. The van der Waals surface area contributed by atoms with Crippen molar-refractivity contribution in [3.63, 3.8) is 0 Å². The highest BCUT2D eigenvalue weighted by Crippen LogP contribution is 2.38. The predicted octanol–water partition coefficient (Wildman–Crippen LogP) is 3.85. The van der Waals surface area contributed by atoms with Crippen LogP contribution in [0.3, 0.4) is 0 Å². The Bertz CT molecular complexity index is 1470. The summed E-state index contributed by atoms with van der Waals surface area (Å²) in [5.74, 6) is -1.45. The van der Waals surface area contributed by atoms with E-state index in [0.29, 0.717) is 28.3 Å². The summed E-state index contributed by atoms with van der Waals surface area (Å²) < 4.78 is 61.0. The molecule has 0 fully saturated rings. The molecule has 1 amide bonds. The van der Waals surface area contributed by atoms with Crippen molar-refractivity contribution in [1.82, 2.24) is 24.6 Å². The lowest BCUT2D eigenvalue weighted by Gasteiger charge is -2.33. The van der Waals surface area contributed by atoms with Crippen LogP contribution in [0, 0.1) is 5.82 Å². The van der Waals surface area contributed by atoms with Crippen molar-refractivity contribution in [1.29, 1.82) is 0 Å². The molecule has 12 heteroatoms. The first kappa shape index (κ1) is 21.9. The molecule has 0 aliphatic carbocycles. The van der Waals surface area contributed by atoms with Crippen LogP contribution in [0.5, 0.6) is 5.88 Å². The van der Waals surface area contributed by atoms with Gasteiger partial charge in [-0.05, 0) is 18.2 Å². The molecule has 34 heavy (non-hydrogen) atoms. The summed E-state index contributed by atoms with van der Waals surface area (Å²) in [5.41, 5.74) is 5.85. The zero-order chi connectivity index (χ0) is 24.4. The van der Waals surface area contributed by atoms with Gasteiger partial charge in [0, 0.05) is 37.5 Å². The van der Waals surface area contributed by atoms with Crippen molar-refractivity contribution in [3.8, 4) is 5.88 Å². The molecule has 0 bridgehead atoms. The summed E-state index contributed by atoms with van der Waals surface area (Å²) in [4.78, 5) is 22.4. The number of rotatable bonds is 2. The van der Waals surface area contributed by atoms with Crippen molar-refractivity contribution in [2.75, 3.05) is 19.4 Å². The number of carbonyl (C=O) groups is 1. The van der Waals surface area contributed by atoms with Crippen LogP contribution in [0.25, 0.3) is 21.8 Å². The number of carbonyl (C=O) groups excluding carboxylic acids is 1. The largest absolute Gasteiger partial charge is 0.477 e. The second-order valence-corrected chi connectivity index (χ2v) is 8.03. The van der Waals surface area contributed by atoms with E-state index in [4.69, 9.17) is 10.5 Å². The summed E-state index contributed by atoms with van der Waals surface area (Å²) in [7, 11) is 3.16. The molecule has 5 rings (SSSR count). The summed E-state index contributed by atoms with van der Waals surface area (Å²) in [6, 6.07) is 3.95. The summed E-state index contributed by atoms with van der Waals surface area (Å²) in [6.45, 7) is 0.0582. The smallest absolute Gasteiger partial charge is 0.433 e. The maximum atomic E-state index is 15.0. The number of amides is 1. The Kier molecular flexibility index (Phi) is 4.85. The number of anilines is 1. The molecule has 4 aromatic rings. The SMILES string of the molecule is CN(C(=O)c1cc2c(cc1F)nc(N)c1cnn(C)c12)[C@H]1CCOc2nc(C(F)(F)F)ccc21. The summed E-state index contributed by atoms with van der Waals surface area (Å²) in [5, 5.41) is 5.23. The number of aryl methyl sites for hydroxylation is 1. The number of hydrogen-bond acceptors (Lipinski definition) is 6. The first-order valence-electron chi connectivity index (χ1n) is 10.2.